The van der Waals surface area contributed by atoms with Crippen LogP contribution in [0.4, 0.5) is 0 Å². The number of hydrogen-bond donors (Lipinski definition) is 1. The average Bonchev–Trinajstić information content (AvgIpc) is 2.28. The van der Waals surface area contributed by atoms with Gasteiger partial charge in [-0.2, -0.15) is 0 Å². The maximum atomic E-state index is 12.1. The van der Waals surface area contributed by atoms with Crippen molar-refractivity contribution in [3.63, 3.8) is 0 Å². The number of nitrogens with two attached hydrogens (primary N) is 1. The third-order valence-electron chi connectivity index (χ3n) is 2.67. The fraction of sp³-hybridized carbons (Fsp3) is 0.417. The number of carbonyl (C=O) groups is 1. The van der Waals surface area contributed by atoms with E-state index in [-0.39, 0.29) is 5.78 Å². The molecule has 0 saturated heterocycles. The molecule has 0 aliphatic rings. The van der Waals surface area contributed by atoms with Crippen LogP contribution in [0.2, 0.25) is 5.02 Å². The second-order valence-electron chi connectivity index (χ2n) is 3.95. The standard InChI is InChI=1S/C12H16ClNO2/c1-4-12(2,14)11(15)8-5-6-9(13)10(7-8)16-3/h5-7H,4,14H2,1-3H3. The van der Waals surface area contributed by atoms with Crippen LogP contribution in [0, 0.1) is 0 Å². The zero-order valence-corrected chi connectivity index (χ0v) is 10.5. The van der Waals surface area contributed by atoms with Gasteiger partial charge in [-0.1, -0.05) is 18.5 Å². The Morgan fingerprint density at radius 1 is 1.56 bits per heavy atom. The van der Waals surface area contributed by atoms with Crippen molar-refractivity contribution in [2.75, 3.05) is 7.11 Å². The molecular weight excluding hydrogens is 226 g/mol. The van der Waals surface area contributed by atoms with Gasteiger partial charge in [-0.15, -0.1) is 0 Å². The van der Waals surface area contributed by atoms with E-state index < -0.39 is 5.54 Å². The molecule has 0 fully saturated rings. The molecule has 0 aliphatic heterocycles. The molecule has 1 aromatic rings. The summed E-state index contributed by atoms with van der Waals surface area (Å²) in [5.41, 5.74) is 5.57. The Labute approximate surface area is 101 Å². The molecule has 0 bridgehead atoms. The molecule has 0 saturated carbocycles. The quantitative estimate of drug-likeness (QED) is 0.825. The fourth-order valence-electron chi connectivity index (χ4n) is 1.29. The Bertz CT molecular complexity index is 402. The molecule has 0 aliphatic carbocycles. The van der Waals surface area contributed by atoms with Gasteiger partial charge in [-0.3, -0.25) is 4.79 Å². The Morgan fingerprint density at radius 2 is 2.19 bits per heavy atom. The number of benzene rings is 1. The summed E-state index contributed by atoms with van der Waals surface area (Å²) in [7, 11) is 1.51. The van der Waals surface area contributed by atoms with Gasteiger partial charge in [0.1, 0.15) is 5.75 Å². The summed E-state index contributed by atoms with van der Waals surface area (Å²) in [6, 6.07) is 4.92. The van der Waals surface area contributed by atoms with E-state index in [1.165, 1.54) is 7.11 Å². The molecular formula is C12H16ClNO2. The summed E-state index contributed by atoms with van der Waals surface area (Å²) in [6.07, 6.45) is 0.580. The number of methoxy groups -OCH3 is 1. The van der Waals surface area contributed by atoms with E-state index in [2.05, 4.69) is 0 Å². The van der Waals surface area contributed by atoms with E-state index in [1.807, 2.05) is 6.92 Å². The van der Waals surface area contributed by atoms with Gasteiger partial charge in [0.2, 0.25) is 0 Å². The summed E-state index contributed by atoms with van der Waals surface area (Å²) < 4.78 is 5.06. The van der Waals surface area contributed by atoms with Gasteiger partial charge in [0.05, 0.1) is 17.7 Å². The molecule has 0 amide bonds. The molecule has 0 heterocycles. The maximum absolute atomic E-state index is 12.1. The minimum absolute atomic E-state index is 0.107. The Morgan fingerprint density at radius 3 is 2.69 bits per heavy atom. The second-order valence-corrected chi connectivity index (χ2v) is 4.36. The van der Waals surface area contributed by atoms with Gasteiger partial charge in [0.15, 0.2) is 5.78 Å². The predicted octanol–water partition coefficient (Wildman–Crippen LogP) is 2.66. The summed E-state index contributed by atoms with van der Waals surface area (Å²) in [5, 5.41) is 0.481. The molecule has 1 rings (SSSR count). The number of rotatable bonds is 4. The van der Waals surface area contributed by atoms with Crippen LogP contribution in [0.3, 0.4) is 0 Å². The maximum Gasteiger partial charge on any atom is 0.182 e. The van der Waals surface area contributed by atoms with E-state index in [4.69, 9.17) is 22.1 Å². The number of ether oxygens (including phenoxy) is 1. The van der Waals surface area contributed by atoms with Crippen molar-refractivity contribution in [1.82, 2.24) is 0 Å². The lowest BCUT2D eigenvalue weighted by atomic mass is 9.90. The fourth-order valence-corrected chi connectivity index (χ4v) is 1.49. The molecule has 2 N–H and O–H groups in total. The zero-order valence-electron chi connectivity index (χ0n) is 9.71. The van der Waals surface area contributed by atoms with E-state index in [9.17, 15) is 4.79 Å². The normalized spacial score (nSPS) is 14.3. The first-order valence-corrected chi connectivity index (χ1v) is 5.47. The minimum atomic E-state index is -0.848. The molecule has 0 aromatic heterocycles. The van der Waals surface area contributed by atoms with Crippen molar-refractivity contribution in [2.45, 2.75) is 25.8 Å². The molecule has 16 heavy (non-hydrogen) atoms. The highest BCUT2D eigenvalue weighted by Gasteiger charge is 2.27. The van der Waals surface area contributed by atoms with Crippen LogP contribution in [-0.4, -0.2) is 18.4 Å². The predicted molar refractivity (Wildman–Crippen MR) is 65.2 cm³/mol. The monoisotopic (exact) mass is 241 g/mol. The number of ketones is 1. The van der Waals surface area contributed by atoms with Gasteiger partial charge in [0.25, 0.3) is 0 Å². The molecule has 88 valence electrons. The Kier molecular flexibility index (Phi) is 3.94. The van der Waals surface area contributed by atoms with E-state index in [0.717, 1.165) is 0 Å². The lowest BCUT2D eigenvalue weighted by molar-refractivity contribution is 0.0897. The van der Waals surface area contributed by atoms with Crippen molar-refractivity contribution < 1.29 is 9.53 Å². The SMILES string of the molecule is CCC(C)(N)C(=O)c1ccc(Cl)c(OC)c1. The molecule has 4 heteroatoms. The van der Waals surface area contributed by atoms with Crippen LogP contribution in [-0.2, 0) is 0 Å². The highest BCUT2D eigenvalue weighted by atomic mass is 35.5. The van der Waals surface area contributed by atoms with Gasteiger partial charge in [-0.25, -0.2) is 0 Å². The van der Waals surface area contributed by atoms with E-state index in [1.54, 1.807) is 25.1 Å². The van der Waals surface area contributed by atoms with Crippen molar-refractivity contribution in [3.8, 4) is 5.75 Å². The Hall–Kier alpha value is -1.06. The lowest BCUT2D eigenvalue weighted by Crippen LogP contribution is -2.44. The van der Waals surface area contributed by atoms with E-state index in [0.29, 0.717) is 22.8 Å². The largest absolute Gasteiger partial charge is 0.495 e. The molecule has 0 radical (unpaired) electrons. The zero-order chi connectivity index (χ0) is 12.3. The highest BCUT2D eigenvalue weighted by molar-refractivity contribution is 6.32. The van der Waals surface area contributed by atoms with Gasteiger partial charge in [-0.05, 0) is 31.5 Å². The first-order valence-electron chi connectivity index (χ1n) is 5.09. The summed E-state index contributed by atoms with van der Waals surface area (Å²) in [5.74, 6) is 0.379. The third kappa shape index (κ3) is 2.54. The summed E-state index contributed by atoms with van der Waals surface area (Å²) in [6.45, 7) is 3.60. The first-order chi connectivity index (χ1) is 7.42. The molecule has 1 atom stereocenters. The number of hydrogen-bond acceptors (Lipinski definition) is 3. The van der Waals surface area contributed by atoms with Gasteiger partial charge < -0.3 is 10.5 Å². The highest BCUT2D eigenvalue weighted by Crippen LogP contribution is 2.26. The molecule has 1 unspecified atom stereocenters. The second kappa shape index (κ2) is 4.85. The van der Waals surface area contributed by atoms with Crippen LogP contribution in [0.1, 0.15) is 30.6 Å². The van der Waals surface area contributed by atoms with Gasteiger partial charge >= 0.3 is 0 Å². The topological polar surface area (TPSA) is 52.3 Å². The summed E-state index contributed by atoms with van der Waals surface area (Å²) >= 11 is 5.88. The van der Waals surface area contributed by atoms with Crippen LogP contribution in [0.15, 0.2) is 18.2 Å². The van der Waals surface area contributed by atoms with Crippen LogP contribution in [0.25, 0.3) is 0 Å². The molecule has 0 spiro atoms. The molecule has 1 aromatic carbocycles. The third-order valence-corrected chi connectivity index (χ3v) is 2.98. The van der Waals surface area contributed by atoms with Crippen molar-refractivity contribution in [1.29, 1.82) is 0 Å². The smallest absolute Gasteiger partial charge is 0.182 e. The van der Waals surface area contributed by atoms with Crippen LogP contribution < -0.4 is 10.5 Å². The average molecular weight is 242 g/mol. The van der Waals surface area contributed by atoms with Crippen LogP contribution >= 0.6 is 11.6 Å². The van der Waals surface area contributed by atoms with Crippen molar-refractivity contribution >= 4 is 17.4 Å². The number of Topliss-reactive ketones (excluding diaryl/α,β-unsaturated/α-hetero) is 1. The van der Waals surface area contributed by atoms with Crippen molar-refractivity contribution in [3.05, 3.63) is 28.8 Å². The Balaban J connectivity index is 3.10. The minimum Gasteiger partial charge on any atom is -0.495 e. The van der Waals surface area contributed by atoms with Crippen molar-refractivity contribution in [2.24, 2.45) is 5.73 Å². The van der Waals surface area contributed by atoms with Crippen LogP contribution in [0.5, 0.6) is 5.75 Å². The first kappa shape index (κ1) is 13.0. The van der Waals surface area contributed by atoms with Gasteiger partial charge in [0, 0.05) is 5.56 Å². The number of halogens is 1. The number of carbonyl (C=O) groups excluding carboxylic acids is 1. The van der Waals surface area contributed by atoms with E-state index >= 15 is 0 Å². The lowest BCUT2D eigenvalue weighted by Gasteiger charge is -2.21. The molecule has 3 nitrogen and oxygen atoms in total. The summed E-state index contributed by atoms with van der Waals surface area (Å²) in [4.78, 5) is 12.1.